The third kappa shape index (κ3) is 9.59. The fourth-order valence-corrected chi connectivity index (χ4v) is 0.792. The zero-order valence-electron chi connectivity index (χ0n) is 7.97. The number of hydrogen-bond donors (Lipinski definition) is 0. The van der Waals surface area contributed by atoms with Crippen LogP contribution in [0.2, 0.25) is 0 Å². The standard InChI is InChI=1S/C5H10O.C4H8O2/c1-3-4-5(2)6;1-2-6-4-3-5-1/h3-4H2,1-2H3;1-4H2. The van der Waals surface area contributed by atoms with Crippen LogP contribution < -0.4 is 0 Å². The van der Waals surface area contributed by atoms with Crippen LogP contribution in [0.15, 0.2) is 0 Å². The van der Waals surface area contributed by atoms with Gasteiger partial charge in [0.1, 0.15) is 5.78 Å². The number of carbonyl (C=O) groups is 1. The van der Waals surface area contributed by atoms with E-state index in [0.29, 0.717) is 0 Å². The molecular formula is C9H18O3. The lowest BCUT2D eigenvalue weighted by Crippen LogP contribution is -2.16. The molecule has 0 aromatic rings. The van der Waals surface area contributed by atoms with E-state index in [0.717, 1.165) is 39.3 Å². The Bertz CT molecular complexity index is 96.8. The monoisotopic (exact) mass is 174 g/mol. The van der Waals surface area contributed by atoms with Crippen molar-refractivity contribution in [2.75, 3.05) is 26.4 Å². The van der Waals surface area contributed by atoms with Crippen LogP contribution in [0.3, 0.4) is 0 Å². The summed E-state index contributed by atoms with van der Waals surface area (Å²) in [5, 5.41) is 0. The molecule has 12 heavy (non-hydrogen) atoms. The molecule has 0 aromatic heterocycles. The summed E-state index contributed by atoms with van der Waals surface area (Å²) >= 11 is 0. The summed E-state index contributed by atoms with van der Waals surface area (Å²) in [7, 11) is 0. The van der Waals surface area contributed by atoms with Crippen LogP contribution in [0.4, 0.5) is 0 Å². The van der Waals surface area contributed by atoms with Gasteiger partial charge in [-0.15, -0.1) is 0 Å². The molecular weight excluding hydrogens is 156 g/mol. The molecule has 1 aliphatic heterocycles. The Morgan fingerprint density at radius 2 is 1.58 bits per heavy atom. The minimum Gasteiger partial charge on any atom is -0.377 e. The topological polar surface area (TPSA) is 35.5 Å². The Kier molecular flexibility index (Phi) is 8.39. The first kappa shape index (κ1) is 11.6. The van der Waals surface area contributed by atoms with E-state index in [1.165, 1.54) is 0 Å². The van der Waals surface area contributed by atoms with Crippen LogP contribution in [0.25, 0.3) is 0 Å². The van der Waals surface area contributed by atoms with Gasteiger partial charge in [-0.25, -0.2) is 0 Å². The summed E-state index contributed by atoms with van der Waals surface area (Å²) in [6, 6.07) is 0. The molecule has 1 saturated heterocycles. The third-order valence-electron chi connectivity index (χ3n) is 1.35. The van der Waals surface area contributed by atoms with Gasteiger partial charge in [0, 0.05) is 6.42 Å². The van der Waals surface area contributed by atoms with Gasteiger partial charge in [-0.1, -0.05) is 6.92 Å². The first-order chi connectivity index (χ1) is 5.77. The van der Waals surface area contributed by atoms with Gasteiger partial charge >= 0.3 is 0 Å². The zero-order chi connectivity index (χ0) is 9.23. The largest absolute Gasteiger partial charge is 0.377 e. The highest BCUT2D eigenvalue weighted by Crippen LogP contribution is 1.85. The van der Waals surface area contributed by atoms with Crippen molar-refractivity contribution in [1.82, 2.24) is 0 Å². The maximum atomic E-state index is 10.0. The van der Waals surface area contributed by atoms with Gasteiger partial charge in [0.05, 0.1) is 26.4 Å². The van der Waals surface area contributed by atoms with Crippen molar-refractivity contribution in [3.8, 4) is 0 Å². The van der Waals surface area contributed by atoms with E-state index in [9.17, 15) is 4.79 Å². The van der Waals surface area contributed by atoms with Crippen molar-refractivity contribution >= 4 is 5.78 Å². The Hall–Kier alpha value is -0.410. The molecule has 1 fully saturated rings. The molecule has 0 radical (unpaired) electrons. The van der Waals surface area contributed by atoms with Crippen LogP contribution in [-0.4, -0.2) is 32.2 Å². The number of rotatable bonds is 2. The van der Waals surface area contributed by atoms with Crippen LogP contribution in [0.1, 0.15) is 26.7 Å². The molecule has 0 saturated carbocycles. The fourth-order valence-electron chi connectivity index (χ4n) is 0.792. The van der Waals surface area contributed by atoms with E-state index in [4.69, 9.17) is 9.47 Å². The molecule has 0 spiro atoms. The minimum absolute atomic E-state index is 0.289. The van der Waals surface area contributed by atoms with Crippen LogP contribution in [0, 0.1) is 0 Å². The molecule has 0 atom stereocenters. The maximum absolute atomic E-state index is 10.0. The molecule has 1 rings (SSSR count). The molecule has 1 aliphatic rings. The van der Waals surface area contributed by atoms with Gasteiger partial charge in [0.25, 0.3) is 0 Å². The average molecular weight is 174 g/mol. The SMILES string of the molecule is C1COCCO1.CCCC(C)=O. The van der Waals surface area contributed by atoms with Gasteiger partial charge in [-0.2, -0.15) is 0 Å². The second-order valence-corrected chi connectivity index (χ2v) is 2.68. The predicted molar refractivity (Wildman–Crippen MR) is 47.2 cm³/mol. The number of carbonyl (C=O) groups excluding carboxylic acids is 1. The smallest absolute Gasteiger partial charge is 0.129 e. The fraction of sp³-hybridized carbons (Fsp3) is 0.889. The van der Waals surface area contributed by atoms with E-state index >= 15 is 0 Å². The highest BCUT2D eigenvalue weighted by atomic mass is 16.6. The summed E-state index contributed by atoms with van der Waals surface area (Å²) in [4.78, 5) is 10.0. The molecule has 0 bridgehead atoms. The predicted octanol–water partition coefficient (Wildman–Crippen LogP) is 1.41. The summed E-state index contributed by atoms with van der Waals surface area (Å²) in [6.07, 6.45) is 1.72. The number of hydrogen-bond acceptors (Lipinski definition) is 3. The first-order valence-electron chi connectivity index (χ1n) is 4.42. The first-order valence-corrected chi connectivity index (χ1v) is 4.42. The Morgan fingerprint density at radius 1 is 1.17 bits per heavy atom. The normalized spacial score (nSPS) is 16.2. The number of ether oxygens (including phenoxy) is 2. The van der Waals surface area contributed by atoms with Crippen LogP contribution in [-0.2, 0) is 14.3 Å². The van der Waals surface area contributed by atoms with Crippen molar-refractivity contribution < 1.29 is 14.3 Å². The molecule has 0 amide bonds. The highest BCUT2D eigenvalue weighted by Gasteiger charge is 1.94. The molecule has 0 unspecified atom stereocenters. The Balaban J connectivity index is 0.000000202. The van der Waals surface area contributed by atoms with Gasteiger partial charge < -0.3 is 14.3 Å². The van der Waals surface area contributed by atoms with Crippen molar-refractivity contribution in [3.05, 3.63) is 0 Å². The second kappa shape index (κ2) is 8.68. The summed E-state index contributed by atoms with van der Waals surface area (Å²) in [5.41, 5.74) is 0. The molecule has 1 heterocycles. The van der Waals surface area contributed by atoms with Crippen molar-refractivity contribution in [2.24, 2.45) is 0 Å². The lowest BCUT2D eigenvalue weighted by Gasteiger charge is -2.09. The van der Waals surface area contributed by atoms with Crippen LogP contribution >= 0.6 is 0 Å². The molecule has 72 valence electrons. The molecule has 0 N–H and O–H groups in total. The Morgan fingerprint density at radius 3 is 1.67 bits per heavy atom. The van der Waals surface area contributed by atoms with E-state index in [-0.39, 0.29) is 5.78 Å². The van der Waals surface area contributed by atoms with Gasteiger partial charge in [0.15, 0.2) is 0 Å². The molecule has 0 aliphatic carbocycles. The third-order valence-corrected chi connectivity index (χ3v) is 1.35. The quantitative estimate of drug-likeness (QED) is 0.635. The van der Waals surface area contributed by atoms with Crippen molar-refractivity contribution in [1.29, 1.82) is 0 Å². The summed E-state index contributed by atoms with van der Waals surface area (Å²) < 4.78 is 9.89. The Labute approximate surface area is 74.0 Å². The number of ketones is 1. The van der Waals surface area contributed by atoms with E-state index in [1.807, 2.05) is 6.92 Å². The van der Waals surface area contributed by atoms with Crippen LogP contribution in [0.5, 0.6) is 0 Å². The minimum atomic E-state index is 0.289. The zero-order valence-corrected chi connectivity index (χ0v) is 7.97. The highest BCUT2D eigenvalue weighted by molar-refractivity contribution is 5.75. The molecule has 0 aromatic carbocycles. The molecule has 3 heteroatoms. The van der Waals surface area contributed by atoms with Gasteiger partial charge in [-0.3, -0.25) is 0 Å². The van der Waals surface area contributed by atoms with Crippen molar-refractivity contribution in [3.63, 3.8) is 0 Å². The van der Waals surface area contributed by atoms with Gasteiger partial charge in [-0.05, 0) is 13.3 Å². The van der Waals surface area contributed by atoms with Crippen molar-refractivity contribution in [2.45, 2.75) is 26.7 Å². The van der Waals surface area contributed by atoms with E-state index in [2.05, 4.69) is 0 Å². The maximum Gasteiger partial charge on any atom is 0.129 e. The lowest BCUT2D eigenvalue weighted by molar-refractivity contribution is -0.117. The summed E-state index contributed by atoms with van der Waals surface area (Å²) in [5.74, 6) is 0.289. The van der Waals surface area contributed by atoms with E-state index in [1.54, 1.807) is 6.92 Å². The summed E-state index contributed by atoms with van der Waals surface area (Å²) in [6.45, 7) is 6.73. The second-order valence-electron chi connectivity index (χ2n) is 2.68. The average Bonchev–Trinajstić information content (AvgIpc) is 2.08. The van der Waals surface area contributed by atoms with Gasteiger partial charge in [0.2, 0.25) is 0 Å². The van der Waals surface area contributed by atoms with E-state index < -0.39 is 0 Å². The molecule has 3 nitrogen and oxygen atoms in total. The number of Topliss-reactive ketones (excluding diaryl/α,β-unsaturated/α-hetero) is 1. The lowest BCUT2D eigenvalue weighted by atomic mass is 10.3.